The molecule has 1 amide bonds. The summed E-state index contributed by atoms with van der Waals surface area (Å²) in [4.78, 5) is 29.0. The first-order chi connectivity index (χ1) is 11.7. The van der Waals surface area contributed by atoms with Gasteiger partial charge in [0.15, 0.2) is 0 Å². The number of likely N-dealkylation sites (N-methyl/N-ethyl adjacent to an activating group) is 1. The third-order valence-corrected chi connectivity index (χ3v) is 5.41. The second kappa shape index (κ2) is 6.05. The van der Waals surface area contributed by atoms with Crippen LogP contribution in [-0.4, -0.2) is 64.5 Å². The maximum atomic E-state index is 12.5. The molecule has 2 fully saturated rings. The summed E-state index contributed by atoms with van der Waals surface area (Å²) in [7, 11) is 1.83. The first-order valence-electron chi connectivity index (χ1n) is 8.72. The zero-order valence-corrected chi connectivity index (χ0v) is 14.1. The van der Waals surface area contributed by atoms with E-state index in [2.05, 4.69) is 30.1 Å². The van der Waals surface area contributed by atoms with Crippen LogP contribution >= 0.6 is 0 Å². The Morgan fingerprint density at radius 1 is 1.33 bits per heavy atom. The molecule has 2 aliphatic rings. The van der Waals surface area contributed by atoms with Gasteiger partial charge in [-0.1, -0.05) is 0 Å². The second-order valence-corrected chi connectivity index (χ2v) is 6.87. The molecule has 0 bridgehead atoms. The molecule has 2 aromatic heterocycles. The minimum absolute atomic E-state index is 0.0419. The molecule has 1 atom stereocenters. The maximum absolute atomic E-state index is 12.5. The van der Waals surface area contributed by atoms with Crippen molar-refractivity contribution in [2.45, 2.75) is 31.2 Å². The lowest BCUT2D eigenvalue weighted by atomic mass is 9.86. The Morgan fingerprint density at radius 2 is 2.17 bits per heavy atom. The first-order valence-corrected chi connectivity index (χ1v) is 8.72. The van der Waals surface area contributed by atoms with Gasteiger partial charge in [0.1, 0.15) is 17.8 Å². The van der Waals surface area contributed by atoms with Gasteiger partial charge in [-0.3, -0.25) is 4.79 Å². The highest BCUT2D eigenvalue weighted by atomic mass is 16.2. The number of hydrogen-bond acceptors (Lipinski definition) is 5. The fourth-order valence-electron chi connectivity index (χ4n) is 4.40. The van der Waals surface area contributed by atoms with Crippen molar-refractivity contribution in [2.24, 2.45) is 0 Å². The highest BCUT2D eigenvalue weighted by Gasteiger charge is 2.46. The van der Waals surface area contributed by atoms with Crippen molar-refractivity contribution in [1.82, 2.24) is 25.2 Å². The summed E-state index contributed by atoms with van der Waals surface area (Å²) in [5.74, 6) is 1.19. The van der Waals surface area contributed by atoms with E-state index >= 15 is 0 Å². The van der Waals surface area contributed by atoms with Gasteiger partial charge >= 0.3 is 0 Å². The average molecular weight is 328 g/mol. The number of rotatable bonds is 3. The van der Waals surface area contributed by atoms with E-state index in [4.69, 9.17) is 0 Å². The van der Waals surface area contributed by atoms with Gasteiger partial charge in [0.05, 0.1) is 17.5 Å². The van der Waals surface area contributed by atoms with Crippen LogP contribution in [0.15, 0.2) is 18.6 Å². The number of nitrogens with zero attached hydrogens (tertiary/aromatic N) is 4. The van der Waals surface area contributed by atoms with Crippen molar-refractivity contribution in [3.05, 3.63) is 18.6 Å². The summed E-state index contributed by atoms with van der Waals surface area (Å²) in [5.41, 5.74) is 0.828. The minimum Gasteiger partial charge on any atom is -0.354 e. The largest absolute Gasteiger partial charge is 0.354 e. The molecule has 128 valence electrons. The highest BCUT2D eigenvalue weighted by molar-refractivity contribution is 5.87. The Morgan fingerprint density at radius 3 is 3.00 bits per heavy atom. The second-order valence-electron chi connectivity index (χ2n) is 6.87. The molecule has 2 saturated heterocycles. The third-order valence-electron chi connectivity index (χ3n) is 5.41. The molecule has 1 spiro atoms. The van der Waals surface area contributed by atoms with E-state index in [-0.39, 0.29) is 11.4 Å². The van der Waals surface area contributed by atoms with Crippen LogP contribution < -0.4 is 10.2 Å². The van der Waals surface area contributed by atoms with E-state index in [1.807, 2.05) is 19.3 Å². The molecule has 7 heteroatoms. The number of aromatic nitrogens is 3. The quantitative estimate of drug-likeness (QED) is 0.883. The van der Waals surface area contributed by atoms with Crippen LogP contribution in [0.4, 0.5) is 5.82 Å². The number of nitrogens with one attached hydrogen (secondary N) is 2. The minimum atomic E-state index is -0.0419. The van der Waals surface area contributed by atoms with Gasteiger partial charge < -0.3 is 20.1 Å². The van der Waals surface area contributed by atoms with Crippen molar-refractivity contribution in [3.63, 3.8) is 0 Å². The zero-order chi connectivity index (χ0) is 16.6. The van der Waals surface area contributed by atoms with Gasteiger partial charge in [0.25, 0.3) is 0 Å². The van der Waals surface area contributed by atoms with Gasteiger partial charge in [-0.15, -0.1) is 0 Å². The summed E-state index contributed by atoms with van der Waals surface area (Å²) in [6, 6.07) is 2.03. The molecule has 2 aromatic rings. The summed E-state index contributed by atoms with van der Waals surface area (Å²) in [6.45, 7) is 3.13. The standard InChI is InChI=1S/C17H24N6O/c1-18-10-14(24)23-9-3-6-17(23)5-2-8-22(11-17)16-13-4-7-19-15(13)20-12-21-16/h4,7,12,18H,2-3,5-6,8-11H2,1H3,(H,19,20,21). The van der Waals surface area contributed by atoms with Crippen molar-refractivity contribution in [1.29, 1.82) is 0 Å². The molecule has 24 heavy (non-hydrogen) atoms. The fraction of sp³-hybridized carbons (Fsp3) is 0.588. The van der Waals surface area contributed by atoms with Crippen molar-refractivity contribution < 1.29 is 4.79 Å². The van der Waals surface area contributed by atoms with E-state index in [1.54, 1.807) is 6.33 Å². The molecule has 2 aliphatic heterocycles. The monoisotopic (exact) mass is 328 g/mol. The van der Waals surface area contributed by atoms with Crippen molar-refractivity contribution in [3.8, 4) is 0 Å². The Bertz CT molecular complexity index is 744. The average Bonchev–Trinajstić information content (AvgIpc) is 3.22. The number of fused-ring (bicyclic) bond motifs is 1. The number of H-pyrrole nitrogens is 1. The van der Waals surface area contributed by atoms with Gasteiger partial charge in [0.2, 0.25) is 5.91 Å². The number of piperidine rings is 1. The normalized spacial score (nSPS) is 24.2. The number of carbonyl (C=O) groups is 1. The predicted molar refractivity (Wildman–Crippen MR) is 92.9 cm³/mol. The summed E-state index contributed by atoms with van der Waals surface area (Å²) in [6.07, 6.45) is 7.86. The van der Waals surface area contributed by atoms with Crippen LogP contribution in [0.3, 0.4) is 0 Å². The van der Waals surface area contributed by atoms with Crippen molar-refractivity contribution in [2.75, 3.05) is 38.1 Å². The molecular formula is C17H24N6O. The predicted octanol–water partition coefficient (Wildman–Crippen LogP) is 1.14. The Balaban J connectivity index is 1.63. The molecule has 7 nitrogen and oxygen atoms in total. The number of carbonyl (C=O) groups excluding carboxylic acids is 1. The number of hydrogen-bond donors (Lipinski definition) is 2. The van der Waals surface area contributed by atoms with E-state index in [1.165, 1.54) is 0 Å². The molecule has 4 heterocycles. The molecule has 0 saturated carbocycles. The van der Waals surface area contributed by atoms with E-state index in [0.29, 0.717) is 6.54 Å². The number of amides is 1. The summed E-state index contributed by atoms with van der Waals surface area (Å²) < 4.78 is 0. The van der Waals surface area contributed by atoms with E-state index < -0.39 is 0 Å². The summed E-state index contributed by atoms with van der Waals surface area (Å²) >= 11 is 0. The molecular weight excluding hydrogens is 304 g/mol. The molecule has 0 radical (unpaired) electrons. The smallest absolute Gasteiger partial charge is 0.237 e. The van der Waals surface area contributed by atoms with Gasteiger partial charge in [0, 0.05) is 25.8 Å². The third kappa shape index (κ3) is 2.43. The van der Waals surface area contributed by atoms with Crippen LogP contribution in [0.1, 0.15) is 25.7 Å². The highest BCUT2D eigenvalue weighted by Crippen LogP contribution is 2.39. The number of anilines is 1. The molecule has 0 aliphatic carbocycles. The van der Waals surface area contributed by atoms with Gasteiger partial charge in [-0.25, -0.2) is 9.97 Å². The maximum Gasteiger partial charge on any atom is 0.237 e. The Kier molecular flexibility index (Phi) is 3.88. The lowest BCUT2D eigenvalue weighted by Crippen LogP contribution is -2.58. The van der Waals surface area contributed by atoms with Crippen LogP contribution in [0, 0.1) is 0 Å². The zero-order valence-electron chi connectivity index (χ0n) is 14.1. The summed E-state index contributed by atoms with van der Waals surface area (Å²) in [5, 5.41) is 4.06. The number of aromatic amines is 1. The van der Waals surface area contributed by atoms with E-state index in [9.17, 15) is 4.79 Å². The molecule has 4 rings (SSSR count). The van der Waals surface area contributed by atoms with Crippen molar-refractivity contribution >= 4 is 22.8 Å². The lowest BCUT2D eigenvalue weighted by Gasteiger charge is -2.46. The first kappa shape index (κ1) is 15.4. The molecule has 1 unspecified atom stereocenters. The fourth-order valence-corrected chi connectivity index (χ4v) is 4.40. The molecule has 0 aromatic carbocycles. The van der Waals surface area contributed by atoms with Gasteiger partial charge in [-0.2, -0.15) is 0 Å². The lowest BCUT2D eigenvalue weighted by molar-refractivity contribution is -0.134. The van der Waals surface area contributed by atoms with Crippen LogP contribution in [0.25, 0.3) is 11.0 Å². The topological polar surface area (TPSA) is 77.2 Å². The number of likely N-dealkylation sites (tertiary alicyclic amines) is 1. The van der Waals surface area contributed by atoms with Gasteiger partial charge in [-0.05, 0) is 38.8 Å². The molecule has 2 N–H and O–H groups in total. The SMILES string of the molecule is CNCC(=O)N1CCCC12CCCN(c1ncnc3[nH]ccc13)C2. The van der Waals surface area contributed by atoms with Crippen LogP contribution in [-0.2, 0) is 4.79 Å². The van der Waals surface area contributed by atoms with Crippen LogP contribution in [0.5, 0.6) is 0 Å². The Hall–Kier alpha value is -2.15. The van der Waals surface area contributed by atoms with E-state index in [0.717, 1.165) is 62.2 Å². The Labute approximate surface area is 141 Å². The van der Waals surface area contributed by atoms with Crippen LogP contribution in [0.2, 0.25) is 0 Å².